The number of aryl methyl sites for hydroxylation is 1. The molecule has 0 radical (unpaired) electrons. The number of aromatic nitrogens is 1. The molecule has 0 N–H and O–H groups in total. The zero-order valence-electron chi connectivity index (χ0n) is 10.4. The van der Waals surface area contributed by atoms with Crippen LogP contribution in [0.25, 0.3) is 0 Å². The standard InChI is InChI=1S/C13H14BrNO2S/c1-9-8-13(15(3)10(9)2)18(16,17)12-6-4-11(14)5-7-12/h4-8H,1-3H3. The summed E-state index contributed by atoms with van der Waals surface area (Å²) >= 11 is 3.30. The molecule has 2 aromatic rings. The lowest BCUT2D eigenvalue weighted by Crippen LogP contribution is -2.08. The summed E-state index contributed by atoms with van der Waals surface area (Å²) in [6.45, 7) is 3.83. The van der Waals surface area contributed by atoms with Crippen molar-refractivity contribution in [3.05, 3.63) is 46.1 Å². The van der Waals surface area contributed by atoms with Gasteiger partial charge < -0.3 is 4.57 Å². The van der Waals surface area contributed by atoms with E-state index in [-0.39, 0.29) is 0 Å². The van der Waals surface area contributed by atoms with Crippen molar-refractivity contribution >= 4 is 25.8 Å². The lowest BCUT2D eigenvalue weighted by atomic mass is 10.3. The highest BCUT2D eigenvalue weighted by Gasteiger charge is 2.22. The maximum absolute atomic E-state index is 12.5. The highest BCUT2D eigenvalue weighted by molar-refractivity contribution is 9.10. The minimum absolute atomic E-state index is 0.311. The van der Waals surface area contributed by atoms with Crippen LogP contribution in [0, 0.1) is 13.8 Å². The van der Waals surface area contributed by atoms with E-state index in [0.717, 1.165) is 15.7 Å². The fraction of sp³-hybridized carbons (Fsp3) is 0.231. The van der Waals surface area contributed by atoms with E-state index in [2.05, 4.69) is 15.9 Å². The van der Waals surface area contributed by atoms with Crippen LogP contribution in [0.3, 0.4) is 0 Å². The molecular formula is C13H14BrNO2S. The van der Waals surface area contributed by atoms with Crippen LogP contribution in [-0.4, -0.2) is 13.0 Å². The summed E-state index contributed by atoms with van der Waals surface area (Å²) in [6.07, 6.45) is 0. The Morgan fingerprint density at radius 1 is 1.11 bits per heavy atom. The van der Waals surface area contributed by atoms with Crippen molar-refractivity contribution in [1.29, 1.82) is 0 Å². The maximum Gasteiger partial charge on any atom is 0.222 e. The summed E-state index contributed by atoms with van der Waals surface area (Å²) in [7, 11) is -1.67. The molecule has 0 aliphatic rings. The molecule has 2 rings (SSSR count). The molecule has 1 aromatic carbocycles. The Morgan fingerprint density at radius 3 is 2.11 bits per heavy atom. The molecule has 5 heteroatoms. The predicted molar refractivity (Wildman–Crippen MR) is 74.5 cm³/mol. The van der Waals surface area contributed by atoms with Gasteiger partial charge in [-0.05, 0) is 49.7 Å². The molecule has 0 bridgehead atoms. The van der Waals surface area contributed by atoms with Crippen molar-refractivity contribution in [3.8, 4) is 0 Å². The first-order chi connectivity index (χ1) is 8.34. The van der Waals surface area contributed by atoms with E-state index in [1.54, 1.807) is 41.9 Å². The quantitative estimate of drug-likeness (QED) is 0.849. The van der Waals surface area contributed by atoms with E-state index in [0.29, 0.717) is 9.92 Å². The van der Waals surface area contributed by atoms with Crippen molar-refractivity contribution in [2.75, 3.05) is 0 Å². The zero-order chi connectivity index (χ0) is 13.5. The summed E-state index contributed by atoms with van der Waals surface area (Å²) in [5.41, 5.74) is 1.94. The van der Waals surface area contributed by atoms with Crippen LogP contribution in [0.1, 0.15) is 11.3 Å². The number of halogens is 1. The monoisotopic (exact) mass is 327 g/mol. The highest BCUT2D eigenvalue weighted by Crippen LogP contribution is 2.25. The molecule has 0 aliphatic heterocycles. The van der Waals surface area contributed by atoms with Crippen molar-refractivity contribution in [2.45, 2.75) is 23.8 Å². The minimum Gasteiger partial charge on any atom is -0.339 e. The van der Waals surface area contributed by atoms with Crippen molar-refractivity contribution < 1.29 is 8.42 Å². The van der Waals surface area contributed by atoms with Gasteiger partial charge in [-0.2, -0.15) is 0 Å². The molecule has 18 heavy (non-hydrogen) atoms. The fourth-order valence-corrected chi connectivity index (χ4v) is 3.64. The van der Waals surface area contributed by atoms with Crippen LogP contribution in [0.4, 0.5) is 0 Å². The van der Waals surface area contributed by atoms with E-state index in [1.807, 2.05) is 13.8 Å². The van der Waals surface area contributed by atoms with Crippen molar-refractivity contribution in [2.24, 2.45) is 7.05 Å². The van der Waals surface area contributed by atoms with Gasteiger partial charge in [0.15, 0.2) is 0 Å². The molecule has 0 saturated carbocycles. The molecular weight excluding hydrogens is 314 g/mol. The summed E-state index contributed by atoms with van der Waals surface area (Å²) in [5.74, 6) is 0. The van der Waals surface area contributed by atoms with Gasteiger partial charge in [0.2, 0.25) is 9.84 Å². The van der Waals surface area contributed by atoms with Gasteiger partial charge in [0.25, 0.3) is 0 Å². The van der Waals surface area contributed by atoms with Crippen molar-refractivity contribution in [3.63, 3.8) is 0 Å². The number of hydrogen-bond donors (Lipinski definition) is 0. The van der Waals surface area contributed by atoms with Crippen LogP contribution in [0.15, 0.2) is 44.7 Å². The van der Waals surface area contributed by atoms with Crippen molar-refractivity contribution in [1.82, 2.24) is 4.57 Å². The first-order valence-electron chi connectivity index (χ1n) is 5.47. The van der Waals surface area contributed by atoms with Gasteiger partial charge in [-0.25, -0.2) is 8.42 Å². The van der Waals surface area contributed by atoms with Crippen LogP contribution in [0.5, 0.6) is 0 Å². The van der Waals surface area contributed by atoms with Gasteiger partial charge >= 0.3 is 0 Å². The Balaban J connectivity index is 2.61. The first-order valence-corrected chi connectivity index (χ1v) is 7.75. The molecule has 0 spiro atoms. The second-order valence-corrected chi connectivity index (χ2v) is 7.08. The molecule has 96 valence electrons. The summed E-state index contributed by atoms with van der Waals surface area (Å²) in [4.78, 5) is 0.311. The van der Waals surface area contributed by atoms with Gasteiger partial charge in [0.1, 0.15) is 5.03 Å². The molecule has 0 saturated heterocycles. The maximum atomic E-state index is 12.5. The third-order valence-electron chi connectivity index (χ3n) is 3.14. The number of benzene rings is 1. The molecule has 0 unspecified atom stereocenters. The minimum atomic E-state index is -3.45. The van der Waals surface area contributed by atoms with E-state index in [4.69, 9.17) is 0 Å². The first kappa shape index (κ1) is 13.4. The van der Waals surface area contributed by atoms with Crippen LogP contribution >= 0.6 is 15.9 Å². The second kappa shape index (κ2) is 4.55. The Hall–Kier alpha value is -1.07. The molecule has 0 fully saturated rings. The van der Waals surface area contributed by atoms with E-state index in [1.165, 1.54) is 0 Å². The Kier molecular flexibility index (Phi) is 3.38. The third-order valence-corrected chi connectivity index (χ3v) is 5.51. The van der Waals surface area contributed by atoms with E-state index in [9.17, 15) is 8.42 Å². The Bertz CT molecular complexity index is 685. The number of rotatable bonds is 2. The van der Waals surface area contributed by atoms with Gasteiger partial charge in [-0.1, -0.05) is 15.9 Å². The SMILES string of the molecule is Cc1cc(S(=O)(=O)c2ccc(Br)cc2)n(C)c1C. The molecule has 3 nitrogen and oxygen atoms in total. The predicted octanol–water partition coefficient (Wildman–Crippen LogP) is 3.24. The normalized spacial score (nSPS) is 11.8. The Labute approximate surface area is 115 Å². The van der Waals surface area contributed by atoms with Crippen LogP contribution in [-0.2, 0) is 16.9 Å². The summed E-state index contributed by atoms with van der Waals surface area (Å²) < 4.78 is 27.6. The Morgan fingerprint density at radius 2 is 1.67 bits per heavy atom. The zero-order valence-corrected chi connectivity index (χ0v) is 12.8. The number of sulfone groups is 1. The van der Waals surface area contributed by atoms with E-state index >= 15 is 0 Å². The van der Waals surface area contributed by atoms with E-state index < -0.39 is 9.84 Å². The van der Waals surface area contributed by atoms with Gasteiger partial charge in [0, 0.05) is 17.2 Å². The molecule has 0 amide bonds. The molecule has 0 atom stereocenters. The lowest BCUT2D eigenvalue weighted by molar-refractivity contribution is 0.584. The highest BCUT2D eigenvalue weighted by atomic mass is 79.9. The lowest BCUT2D eigenvalue weighted by Gasteiger charge is -2.07. The van der Waals surface area contributed by atoms with Gasteiger partial charge in [-0.3, -0.25) is 0 Å². The smallest absolute Gasteiger partial charge is 0.222 e. The number of hydrogen-bond acceptors (Lipinski definition) is 2. The largest absolute Gasteiger partial charge is 0.339 e. The third kappa shape index (κ3) is 2.12. The fourth-order valence-electron chi connectivity index (χ4n) is 1.81. The molecule has 1 heterocycles. The summed E-state index contributed by atoms with van der Waals surface area (Å²) in [6, 6.07) is 8.39. The van der Waals surface area contributed by atoms with Gasteiger partial charge in [0.05, 0.1) is 4.90 Å². The topological polar surface area (TPSA) is 39.1 Å². The summed E-state index contributed by atoms with van der Waals surface area (Å²) in [5, 5.41) is 0.333. The van der Waals surface area contributed by atoms with Crippen LogP contribution < -0.4 is 0 Å². The second-order valence-electron chi connectivity index (χ2n) is 4.27. The van der Waals surface area contributed by atoms with Gasteiger partial charge in [-0.15, -0.1) is 0 Å². The average Bonchev–Trinajstić information content (AvgIpc) is 2.58. The molecule has 0 aliphatic carbocycles. The van der Waals surface area contributed by atoms with Crippen LogP contribution in [0.2, 0.25) is 0 Å². The molecule has 1 aromatic heterocycles. The number of nitrogens with zero attached hydrogens (tertiary/aromatic N) is 1. The average molecular weight is 328 g/mol.